The van der Waals surface area contributed by atoms with Crippen LogP contribution in [0.3, 0.4) is 0 Å². The van der Waals surface area contributed by atoms with Crippen LogP contribution < -0.4 is 5.32 Å². The van der Waals surface area contributed by atoms with Crippen LogP contribution in [0.1, 0.15) is 20.8 Å². The largest absolute Gasteiger partial charge is 0.459 e. The highest BCUT2D eigenvalue weighted by Gasteiger charge is 2.42. The number of rotatable bonds is 2. The number of methoxy groups -OCH3 is 2. The predicted molar refractivity (Wildman–Crippen MR) is 76.3 cm³/mol. The molecule has 0 radical (unpaired) electrons. The normalized spacial score (nSPS) is 12.8. The van der Waals surface area contributed by atoms with E-state index < -0.39 is 20.1 Å². The zero-order valence-corrected chi connectivity index (χ0v) is 13.7. The molecule has 0 aliphatic carbocycles. The van der Waals surface area contributed by atoms with Crippen LogP contribution in [0.15, 0.2) is 0 Å². The molecule has 0 spiro atoms. The zero-order chi connectivity index (χ0) is 15.3. The first-order chi connectivity index (χ1) is 8.56. The Kier molecular flexibility index (Phi) is 6.10. The second-order valence-electron chi connectivity index (χ2n) is 5.80. The number of carbonyl (C=O) groups excluding carboxylic acids is 2. The molecular weight excluding hydrogens is 262 g/mol. The number of alkyl carbamates (subject to hydrolysis) is 1. The maximum atomic E-state index is 11.4. The summed E-state index contributed by atoms with van der Waals surface area (Å²) >= 11 is 0. The van der Waals surface area contributed by atoms with Crippen molar-refractivity contribution in [2.24, 2.45) is 0 Å². The molecule has 0 bridgehead atoms. The molecule has 0 saturated carbocycles. The lowest BCUT2D eigenvalue weighted by atomic mass is 10.2. The summed E-state index contributed by atoms with van der Waals surface area (Å²) in [6, 6.07) is 0. The van der Waals surface area contributed by atoms with Crippen molar-refractivity contribution in [3.8, 4) is 11.8 Å². The second kappa shape index (κ2) is 6.62. The highest BCUT2D eigenvalue weighted by Crippen LogP contribution is 2.37. The monoisotopic (exact) mass is 285 g/mol. The minimum absolute atomic E-state index is 0.00346. The Labute approximate surface area is 116 Å². The molecule has 0 aromatic carbocycles. The van der Waals surface area contributed by atoms with Gasteiger partial charge in [0.15, 0.2) is 0 Å². The molecule has 0 saturated heterocycles. The Hall–Kier alpha value is -1.48. The molecule has 108 valence electrons. The maximum Gasteiger partial charge on any atom is 0.407 e. The van der Waals surface area contributed by atoms with E-state index in [1.807, 2.05) is 0 Å². The number of esters is 1. The summed E-state index contributed by atoms with van der Waals surface area (Å²) < 4.78 is 9.10. The zero-order valence-electron chi connectivity index (χ0n) is 12.7. The molecular formula is C13H23NO4Si. The first kappa shape index (κ1) is 17.5. The Morgan fingerprint density at radius 1 is 1.16 bits per heavy atom. The number of amides is 1. The van der Waals surface area contributed by atoms with E-state index in [0.717, 1.165) is 0 Å². The van der Waals surface area contributed by atoms with Crippen molar-refractivity contribution in [3.63, 3.8) is 0 Å². The van der Waals surface area contributed by atoms with Gasteiger partial charge in [-0.2, -0.15) is 0 Å². The Morgan fingerprint density at radius 2 is 1.68 bits per heavy atom. The molecule has 0 aromatic heterocycles. The lowest BCUT2D eigenvalue weighted by Crippen LogP contribution is -2.57. The third-order valence-corrected chi connectivity index (χ3v) is 9.20. The molecule has 5 nitrogen and oxygen atoms in total. The molecule has 0 aliphatic heterocycles. The average Bonchev–Trinajstić information content (AvgIpc) is 2.31. The van der Waals surface area contributed by atoms with Crippen molar-refractivity contribution >= 4 is 20.1 Å². The van der Waals surface area contributed by atoms with Gasteiger partial charge in [-0.15, -0.1) is 0 Å². The lowest BCUT2D eigenvalue weighted by Gasteiger charge is -2.40. The molecule has 0 fully saturated rings. The molecule has 1 amide bonds. The van der Waals surface area contributed by atoms with E-state index in [2.05, 4.69) is 60.5 Å². The highest BCUT2D eigenvalue weighted by atomic mass is 28.3. The quantitative estimate of drug-likeness (QED) is 0.364. The van der Waals surface area contributed by atoms with Gasteiger partial charge < -0.3 is 14.8 Å². The molecule has 0 aromatic rings. The van der Waals surface area contributed by atoms with Crippen LogP contribution in [0.4, 0.5) is 4.79 Å². The first-order valence-corrected chi connectivity index (χ1v) is 9.08. The Morgan fingerprint density at radius 3 is 2.05 bits per heavy atom. The van der Waals surface area contributed by atoms with E-state index in [1.54, 1.807) is 0 Å². The molecule has 0 aliphatic rings. The molecule has 1 N–H and O–H groups in total. The van der Waals surface area contributed by atoms with Gasteiger partial charge in [0.1, 0.15) is 0 Å². The topological polar surface area (TPSA) is 64.6 Å². The van der Waals surface area contributed by atoms with Crippen LogP contribution in [0.2, 0.25) is 18.1 Å². The van der Waals surface area contributed by atoms with Gasteiger partial charge in [-0.1, -0.05) is 39.8 Å². The summed E-state index contributed by atoms with van der Waals surface area (Å²) in [6.07, 6.45) is -0.547. The minimum Gasteiger partial charge on any atom is -0.459 e. The number of nitrogens with one attached hydrogen (secondary N) is 1. The summed E-state index contributed by atoms with van der Waals surface area (Å²) in [7, 11) is 0.581. The summed E-state index contributed by atoms with van der Waals surface area (Å²) in [5.74, 6) is 4.59. The van der Waals surface area contributed by atoms with E-state index in [4.69, 9.17) is 0 Å². The molecule has 19 heavy (non-hydrogen) atoms. The summed E-state index contributed by atoms with van der Waals surface area (Å²) in [5.41, 5.74) is -0.390. The van der Waals surface area contributed by atoms with Gasteiger partial charge in [-0.3, -0.25) is 0 Å². The first-order valence-electron chi connectivity index (χ1n) is 6.00. The average molecular weight is 285 g/mol. The minimum atomic E-state index is -1.99. The third-order valence-electron chi connectivity index (χ3n) is 3.61. The van der Waals surface area contributed by atoms with Crippen molar-refractivity contribution in [1.82, 2.24) is 5.32 Å². The molecule has 0 unspecified atom stereocenters. The van der Waals surface area contributed by atoms with Gasteiger partial charge in [0.05, 0.1) is 28.0 Å². The van der Waals surface area contributed by atoms with Crippen molar-refractivity contribution in [3.05, 3.63) is 0 Å². The van der Waals surface area contributed by atoms with Crippen molar-refractivity contribution in [1.29, 1.82) is 0 Å². The summed E-state index contributed by atoms with van der Waals surface area (Å²) in [5, 5.41) is 2.72. The molecule has 1 atom stereocenters. The van der Waals surface area contributed by atoms with Crippen molar-refractivity contribution in [2.45, 2.75) is 44.6 Å². The molecule has 0 rings (SSSR count). The molecule has 6 heteroatoms. The fraction of sp³-hybridized carbons (Fsp3) is 0.692. The third kappa shape index (κ3) is 4.95. The van der Waals surface area contributed by atoms with Crippen LogP contribution in [0, 0.1) is 11.8 Å². The van der Waals surface area contributed by atoms with E-state index in [0.29, 0.717) is 0 Å². The number of hydrogen-bond acceptors (Lipinski definition) is 4. The van der Waals surface area contributed by atoms with Gasteiger partial charge in [0.2, 0.25) is 0 Å². The van der Waals surface area contributed by atoms with Crippen LogP contribution in [0.25, 0.3) is 0 Å². The van der Waals surface area contributed by atoms with E-state index in [9.17, 15) is 9.59 Å². The van der Waals surface area contributed by atoms with Crippen LogP contribution in [-0.2, 0) is 14.3 Å². The van der Waals surface area contributed by atoms with Gasteiger partial charge in [0, 0.05) is 5.92 Å². The summed E-state index contributed by atoms with van der Waals surface area (Å²) in [6.45, 7) is 10.5. The van der Waals surface area contributed by atoms with Gasteiger partial charge in [-0.05, 0) is 5.04 Å². The number of ether oxygens (including phenoxy) is 2. The lowest BCUT2D eigenvalue weighted by molar-refractivity contribution is -0.133. The van der Waals surface area contributed by atoms with Crippen LogP contribution >= 0.6 is 0 Å². The van der Waals surface area contributed by atoms with Gasteiger partial charge >= 0.3 is 12.1 Å². The maximum absolute atomic E-state index is 11.4. The fourth-order valence-electron chi connectivity index (χ4n) is 1.19. The smallest absolute Gasteiger partial charge is 0.407 e. The SMILES string of the molecule is COC(=O)C#C[C@@H](NC(=O)OC)[Si](C)(C)C(C)(C)C. The fourth-order valence-corrected chi connectivity index (χ4v) is 2.97. The van der Waals surface area contributed by atoms with Crippen molar-refractivity contribution in [2.75, 3.05) is 14.2 Å². The van der Waals surface area contributed by atoms with E-state index in [1.165, 1.54) is 14.2 Å². The van der Waals surface area contributed by atoms with Gasteiger partial charge in [-0.25, -0.2) is 9.59 Å². The van der Waals surface area contributed by atoms with E-state index in [-0.39, 0.29) is 10.7 Å². The second-order valence-corrected chi connectivity index (χ2v) is 11.3. The molecule has 0 heterocycles. The van der Waals surface area contributed by atoms with Crippen LogP contribution in [0.5, 0.6) is 0 Å². The Bertz CT molecular complexity index is 401. The number of hydrogen-bond donors (Lipinski definition) is 1. The highest BCUT2D eigenvalue weighted by molar-refractivity contribution is 6.82. The van der Waals surface area contributed by atoms with Crippen molar-refractivity contribution < 1.29 is 19.1 Å². The van der Waals surface area contributed by atoms with E-state index >= 15 is 0 Å². The Balaban J connectivity index is 5.32. The van der Waals surface area contributed by atoms with Crippen LogP contribution in [-0.4, -0.2) is 40.0 Å². The summed E-state index contributed by atoms with van der Waals surface area (Å²) in [4.78, 5) is 22.5. The van der Waals surface area contributed by atoms with Gasteiger partial charge in [0.25, 0.3) is 0 Å². The standard InChI is InChI=1S/C13H23NO4Si/c1-13(2,3)19(6,7)10(14-12(16)18-5)8-9-11(15)17-4/h10H,1-7H3,(H,14,16)/t10-/m0/s1. The predicted octanol–water partition coefficient (Wildman–Crippen LogP) is 1.94. The number of carbonyl (C=O) groups is 2.